The van der Waals surface area contributed by atoms with Crippen molar-refractivity contribution in [1.29, 1.82) is 0 Å². The molecule has 6 aromatic carbocycles. The zero-order chi connectivity index (χ0) is 41.8. The molecule has 2 heterocycles. The number of ketones is 2. The summed E-state index contributed by atoms with van der Waals surface area (Å²) in [6.45, 7) is 4.09. The number of nitrogens with zero attached hydrogens (tertiary/aromatic N) is 2. The summed E-state index contributed by atoms with van der Waals surface area (Å²) in [6.07, 6.45) is 2.83. The normalized spacial score (nSPS) is 21.4. The fourth-order valence-corrected chi connectivity index (χ4v) is 9.29. The van der Waals surface area contributed by atoms with E-state index in [2.05, 4.69) is 0 Å². The van der Waals surface area contributed by atoms with E-state index in [1.807, 2.05) is 206 Å². The topological polar surface area (TPSA) is 74.8 Å². The van der Waals surface area contributed by atoms with E-state index >= 15 is 0 Å². The van der Waals surface area contributed by atoms with Gasteiger partial charge < -0.3 is 9.80 Å². The number of carbonyl (C=O) groups excluding carboxylic acids is 4. The second-order valence-corrected chi connectivity index (χ2v) is 15.9. The van der Waals surface area contributed by atoms with E-state index in [-0.39, 0.29) is 59.4 Å². The summed E-state index contributed by atoms with van der Waals surface area (Å²) in [6, 6.07) is 58.7. The number of benzene rings is 6. The lowest BCUT2D eigenvalue weighted by atomic mass is 9.77. The molecule has 0 aliphatic carbocycles. The fraction of sp³-hybridized carbons (Fsp3) is 0.259. The van der Waals surface area contributed by atoms with Crippen LogP contribution < -0.4 is 0 Å². The molecule has 0 radical (unpaired) electrons. The minimum Gasteiger partial charge on any atom is -0.327 e. The molecule has 0 N–H and O–H groups in total. The lowest BCUT2D eigenvalue weighted by Crippen LogP contribution is -2.48. The van der Waals surface area contributed by atoms with Crippen molar-refractivity contribution in [1.82, 2.24) is 9.80 Å². The highest BCUT2D eigenvalue weighted by Crippen LogP contribution is 2.46. The van der Waals surface area contributed by atoms with E-state index in [0.29, 0.717) is 25.7 Å². The summed E-state index contributed by atoms with van der Waals surface area (Å²) >= 11 is 0. The summed E-state index contributed by atoms with van der Waals surface area (Å²) in [5.74, 6) is 0.233. The van der Waals surface area contributed by atoms with Crippen molar-refractivity contribution in [3.8, 4) is 0 Å². The van der Waals surface area contributed by atoms with Crippen LogP contribution in [0.15, 0.2) is 182 Å². The molecule has 60 heavy (non-hydrogen) atoms. The molecule has 0 spiro atoms. The number of rotatable bonds is 10. The number of piperidine rings is 2. The van der Waals surface area contributed by atoms with Gasteiger partial charge in [-0.1, -0.05) is 196 Å². The first-order valence-corrected chi connectivity index (χ1v) is 21.3. The Morgan fingerprint density at radius 3 is 0.967 bits per heavy atom. The van der Waals surface area contributed by atoms with Gasteiger partial charge in [0, 0.05) is 24.7 Å². The fourth-order valence-electron chi connectivity index (χ4n) is 9.29. The van der Waals surface area contributed by atoms with Gasteiger partial charge in [0.15, 0.2) is 0 Å². The van der Waals surface area contributed by atoms with Gasteiger partial charge in [0.05, 0.1) is 37.0 Å². The summed E-state index contributed by atoms with van der Waals surface area (Å²) in [7, 11) is 0. The Morgan fingerprint density at radius 1 is 0.417 bits per heavy atom. The van der Waals surface area contributed by atoms with Crippen molar-refractivity contribution in [2.24, 2.45) is 11.8 Å². The third-order valence-corrected chi connectivity index (χ3v) is 12.2. The molecule has 2 aliphatic rings. The maximum Gasteiger partial charge on any atom is 0.228 e. The van der Waals surface area contributed by atoms with Gasteiger partial charge in [-0.05, 0) is 46.2 Å². The molecule has 0 bridgehead atoms. The van der Waals surface area contributed by atoms with Crippen LogP contribution >= 0.6 is 0 Å². The van der Waals surface area contributed by atoms with Crippen LogP contribution in [0.4, 0.5) is 0 Å². The smallest absolute Gasteiger partial charge is 0.228 e. The van der Waals surface area contributed by atoms with Crippen molar-refractivity contribution in [3.05, 3.63) is 215 Å². The Kier molecular flexibility index (Phi) is 13.9. The van der Waals surface area contributed by atoms with Crippen LogP contribution in [0, 0.1) is 11.8 Å². The molecule has 6 aromatic rings. The van der Waals surface area contributed by atoms with Crippen LogP contribution in [0.2, 0.25) is 0 Å². The molecule has 0 unspecified atom stereocenters. The molecule has 0 saturated carbocycles. The van der Waals surface area contributed by atoms with E-state index in [4.69, 9.17) is 0 Å². The summed E-state index contributed by atoms with van der Waals surface area (Å²) in [5, 5.41) is 0. The number of hydrogen-bond acceptors (Lipinski definition) is 4. The molecular formula is C54H54N2O4. The lowest BCUT2D eigenvalue weighted by Gasteiger charge is -2.46. The third kappa shape index (κ3) is 9.55. The van der Waals surface area contributed by atoms with Crippen LogP contribution in [0.1, 0.15) is 97.1 Å². The Hall–Kier alpha value is -6.40. The van der Waals surface area contributed by atoms with Crippen LogP contribution in [-0.2, 0) is 32.0 Å². The molecule has 6 heteroatoms. The molecule has 2 aliphatic heterocycles. The highest BCUT2D eigenvalue weighted by Gasteiger charge is 2.46. The minimum atomic E-state index is -0.251. The van der Waals surface area contributed by atoms with E-state index in [1.54, 1.807) is 0 Å². The number of likely N-dealkylation sites (tertiary alicyclic amines) is 2. The molecular weight excluding hydrogens is 741 g/mol. The van der Waals surface area contributed by atoms with E-state index < -0.39 is 0 Å². The number of amides is 2. The average molecular weight is 795 g/mol. The Bertz CT molecular complexity index is 2140. The largest absolute Gasteiger partial charge is 0.327 e. The van der Waals surface area contributed by atoms with Gasteiger partial charge in [-0.3, -0.25) is 19.2 Å². The van der Waals surface area contributed by atoms with Gasteiger partial charge in [0.25, 0.3) is 0 Å². The predicted octanol–water partition coefficient (Wildman–Crippen LogP) is 11.1. The summed E-state index contributed by atoms with van der Waals surface area (Å²) in [5.41, 5.74) is 6.07. The SMILES string of the molecule is CC[C@@H]1C(=O)C[C@@H](c2ccccc2)N(C(=O)Cc2ccccc2)[C@H]1c1ccccc1.CC[C@@H]1C(=O)C[C@@H](c2ccccc2)N(C(=O)Cc2ccccc2)[C@H]1c1ccccc1. The van der Waals surface area contributed by atoms with Gasteiger partial charge in [0.2, 0.25) is 11.8 Å². The highest BCUT2D eigenvalue weighted by molar-refractivity contribution is 5.89. The Morgan fingerprint density at radius 2 is 0.683 bits per heavy atom. The first-order chi connectivity index (χ1) is 29.4. The van der Waals surface area contributed by atoms with Crippen LogP contribution in [-0.4, -0.2) is 33.2 Å². The van der Waals surface area contributed by atoms with Gasteiger partial charge in [-0.2, -0.15) is 0 Å². The van der Waals surface area contributed by atoms with E-state index in [0.717, 1.165) is 46.2 Å². The number of carbonyl (C=O) groups is 4. The molecule has 2 amide bonds. The standard InChI is InChI=1S/2C27H27NO2/c2*1-2-23-25(29)19-24(21-14-8-4-9-15-21)28(27(23)22-16-10-5-11-17-22)26(30)18-20-12-6-3-7-13-20/h2*3-17,23-24,27H,2,18-19H2,1H3/t2*23-,24+,27+/m11/s1. The van der Waals surface area contributed by atoms with Crippen molar-refractivity contribution >= 4 is 23.4 Å². The first-order valence-electron chi connectivity index (χ1n) is 21.3. The van der Waals surface area contributed by atoms with Gasteiger partial charge in [-0.15, -0.1) is 0 Å². The predicted molar refractivity (Wildman–Crippen MR) is 238 cm³/mol. The number of hydrogen-bond donors (Lipinski definition) is 0. The van der Waals surface area contributed by atoms with Crippen molar-refractivity contribution in [2.75, 3.05) is 0 Å². The quantitative estimate of drug-likeness (QED) is 0.138. The maximum atomic E-state index is 13.7. The van der Waals surface area contributed by atoms with Gasteiger partial charge in [-0.25, -0.2) is 0 Å². The maximum absolute atomic E-state index is 13.7. The monoisotopic (exact) mass is 794 g/mol. The lowest BCUT2D eigenvalue weighted by molar-refractivity contribution is -0.148. The zero-order valence-electron chi connectivity index (χ0n) is 34.6. The van der Waals surface area contributed by atoms with Crippen molar-refractivity contribution < 1.29 is 19.2 Å². The second kappa shape index (κ2) is 20.0. The molecule has 0 aromatic heterocycles. The highest BCUT2D eigenvalue weighted by atomic mass is 16.2. The molecule has 6 atom stereocenters. The van der Waals surface area contributed by atoms with E-state index in [9.17, 15) is 19.2 Å². The summed E-state index contributed by atoms with van der Waals surface area (Å²) in [4.78, 5) is 57.8. The molecule has 2 fully saturated rings. The van der Waals surface area contributed by atoms with Crippen molar-refractivity contribution in [2.45, 2.75) is 76.5 Å². The van der Waals surface area contributed by atoms with Crippen LogP contribution in [0.3, 0.4) is 0 Å². The first kappa shape index (κ1) is 41.7. The minimum absolute atomic E-state index is 0.0647. The van der Waals surface area contributed by atoms with E-state index in [1.165, 1.54) is 0 Å². The van der Waals surface area contributed by atoms with Gasteiger partial charge in [0.1, 0.15) is 11.6 Å². The van der Waals surface area contributed by atoms with Gasteiger partial charge >= 0.3 is 0 Å². The van der Waals surface area contributed by atoms with Crippen LogP contribution in [0.25, 0.3) is 0 Å². The molecule has 2 saturated heterocycles. The Balaban J connectivity index is 0.000000181. The zero-order valence-corrected chi connectivity index (χ0v) is 34.6. The summed E-state index contributed by atoms with van der Waals surface area (Å²) < 4.78 is 0. The number of Topliss-reactive ketones (excluding diaryl/α,β-unsaturated/α-hetero) is 2. The molecule has 6 nitrogen and oxygen atoms in total. The third-order valence-electron chi connectivity index (χ3n) is 12.2. The van der Waals surface area contributed by atoms with Crippen molar-refractivity contribution in [3.63, 3.8) is 0 Å². The average Bonchev–Trinajstić information content (AvgIpc) is 3.30. The molecule has 304 valence electrons. The molecule has 8 rings (SSSR count). The Labute approximate surface area is 354 Å². The second-order valence-electron chi connectivity index (χ2n) is 15.9. The van der Waals surface area contributed by atoms with Crippen LogP contribution in [0.5, 0.6) is 0 Å².